The first-order valence-corrected chi connectivity index (χ1v) is 4.80. The predicted molar refractivity (Wildman–Crippen MR) is 53.0 cm³/mol. The Balaban J connectivity index is 2.42. The van der Waals surface area contributed by atoms with E-state index in [1.807, 2.05) is 30.3 Å². The third kappa shape index (κ3) is 1.30. The summed E-state index contributed by atoms with van der Waals surface area (Å²) >= 11 is 0. The van der Waals surface area contributed by atoms with Crippen LogP contribution in [-0.4, -0.2) is 17.6 Å². The number of carbonyl (C=O) groups is 1. The number of hydrogen-bond donors (Lipinski definition) is 2. The Labute approximate surface area is 82.8 Å². The molecule has 1 fully saturated rings. The summed E-state index contributed by atoms with van der Waals surface area (Å²) < 4.78 is 0. The van der Waals surface area contributed by atoms with Gasteiger partial charge in [-0.05, 0) is 24.9 Å². The van der Waals surface area contributed by atoms with E-state index < -0.39 is 11.5 Å². The van der Waals surface area contributed by atoms with Crippen molar-refractivity contribution in [1.82, 2.24) is 5.32 Å². The second-order valence-electron chi connectivity index (χ2n) is 3.61. The van der Waals surface area contributed by atoms with E-state index in [0.29, 0.717) is 6.42 Å². The molecule has 3 heteroatoms. The Morgan fingerprint density at radius 1 is 1.36 bits per heavy atom. The molecule has 2 rings (SSSR count). The van der Waals surface area contributed by atoms with Gasteiger partial charge < -0.3 is 5.11 Å². The van der Waals surface area contributed by atoms with E-state index in [1.165, 1.54) is 0 Å². The molecule has 0 unspecified atom stereocenters. The van der Waals surface area contributed by atoms with Crippen molar-refractivity contribution in [3.8, 4) is 0 Å². The second kappa shape index (κ2) is 3.42. The maximum atomic E-state index is 11.3. The van der Waals surface area contributed by atoms with Gasteiger partial charge in [0.05, 0.1) is 0 Å². The molecule has 1 aromatic rings. The minimum Gasteiger partial charge on any atom is -0.480 e. The third-order valence-corrected chi connectivity index (χ3v) is 2.79. The van der Waals surface area contributed by atoms with Gasteiger partial charge in [0.25, 0.3) is 0 Å². The standard InChI is InChI=1S/C11H13NO2/c13-10(14)11(7-4-8-12-11)9-5-2-1-3-6-9/h1-3,5-6,12H,4,7-8H2,(H,13,14)/t11-/m0/s1. The highest BCUT2D eigenvalue weighted by Gasteiger charge is 2.42. The molecular weight excluding hydrogens is 178 g/mol. The molecule has 1 aliphatic heterocycles. The smallest absolute Gasteiger partial charge is 0.328 e. The third-order valence-electron chi connectivity index (χ3n) is 2.79. The summed E-state index contributed by atoms with van der Waals surface area (Å²) in [5.74, 6) is -0.777. The molecule has 0 bridgehead atoms. The summed E-state index contributed by atoms with van der Waals surface area (Å²) in [5.41, 5.74) is 0.00588. The lowest BCUT2D eigenvalue weighted by Gasteiger charge is -2.24. The van der Waals surface area contributed by atoms with Crippen LogP contribution in [0.4, 0.5) is 0 Å². The van der Waals surface area contributed by atoms with E-state index in [4.69, 9.17) is 0 Å². The summed E-state index contributed by atoms with van der Waals surface area (Å²) in [4.78, 5) is 11.3. The lowest BCUT2D eigenvalue weighted by Crippen LogP contribution is -2.44. The molecule has 2 N–H and O–H groups in total. The van der Waals surface area contributed by atoms with Crippen LogP contribution in [0.2, 0.25) is 0 Å². The van der Waals surface area contributed by atoms with Crippen LogP contribution in [0.15, 0.2) is 30.3 Å². The largest absolute Gasteiger partial charge is 0.480 e. The molecule has 0 spiro atoms. The van der Waals surface area contributed by atoms with Gasteiger partial charge in [0, 0.05) is 0 Å². The number of hydrogen-bond acceptors (Lipinski definition) is 2. The summed E-state index contributed by atoms with van der Waals surface area (Å²) in [7, 11) is 0. The fourth-order valence-electron chi connectivity index (χ4n) is 2.02. The van der Waals surface area contributed by atoms with Crippen molar-refractivity contribution in [2.24, 2.45) is 0 Å². The van der Waals surface area contributed by atoms with Crippen LogP contribution in [0.1, 0.15) is 18.4 Å². The number of carboxylic acid groups (broad SMARTS) is 1. The average molecular weight is 191 g/mol. The molecular formula is C11H13NO2. The van der Waals surface area contributed by atoms with Gasteiger partial charge in [-0.2, -0.15) is 0 Å². The topological polar surface area (TPSA) is 49.3 Å². The molecule has 3 nitrogen and oxygen atoms in total. The molecule has 0 aromatic heterocycles. The molecule has 0 saturated carbocycles. The van der Waals surface area contributed by atoms with Crippen molar-refractivity contribution >= 4 is 5.97 Å². The van der Waals surface area contributed by atoms with E-state index in [-0.39, 0.29) is 0 Å². The molecule has 0 amide bonds. The molecule has 0 radical (unpaired) electrons. The Hall–Kier alpha value is -1.35. The van der Waals surface area contributed by atoms with E-state index in [2.05, 4.69) is 5.32 Å². The van der Waals surface area contributed by atoms with Gasteiger partial charge in [0.1, 0.15) is 5.54 Å². The highest BCUT2D eigenvalue weighted by molar-refractivity contribution is 5.81. The molecule has 1 aromatic carbocycles. The Morgan fingerprint density at radius 3 is 2.57 bits per heavy atom. The van der Waals surface area contributed by atoms with Crippen LogP contribution in [-0.2, 0) is 10.3 Å². The van der Waals surface area contributed by atoms with Crippen LogP contribution in [0.3, 0.4) is 0 Å². The number of carboxylic acids is 1. The number of benzene rings is 1. The van der Waals surface area contributed by atoms with E-state index in [9.17, 15) is 9.90 Å². The van der Waals surface area contributed by atoms with E-state index in [0.717, 1.165) is 18.5 Å². The summed E-state index contributed by atoms with van der Waals surface area (Å²) in [5, 5.41) is 12.3. The molecule has 74 valence electrons. The van der Waals surface area contributed by atoms with E-state index >= 15 is 0 Å². The zero-order chi connectivity index (χ0) is 10.0. The van der Waals surface area contributed by atoms with Crippen molar-refractivity contribution in [2.75, 3.05) is 6.54 Å². The second-order valence-corrected chi connectivity index (χ2v) is 3.61. The van der Waals surface area contributed by atoms with Crippen LogP contribution < -0.4 is 5.32 Å². The van der Waals surface area contributed by atoms with Crippen molar-refractivity contribution in [2.45, 2.75) is 18.4 Å². The Bertz CT molecular complexity index is 328. The summed E-state index contributed by atoms with van der Waals surface area (Å²) in [6, 6.07) is 9.38. The van der Waals surface area contributed by atoms with Crippen LogP contribution >= 0.6 is 0 Å². The SMILES string of the molecule is O=C(O)[C@@]1(c2ccccc2)CCCN1. The van der Waals surface area contributed by atoms with Crippen LogP contribution in [0.25, 0.3) is 0 Å². The maximum absolute atomic E-state index is 11.3. The molecule has 14 heavy (non-hydrogen) atoms. The number of rotatable bonds is 2. The normalized spacial score (nSPS) is 26.3. The lowest BCUT2D eigenvalue weighted by molar-refractivity contribution is -0.144. The minimum absolute atomic E-state index is 0.673. The zero-order valence-corrected chi connectivity index (χ0v) is 7.86. The molecule has 1 heterocycles. The summed E-state index contributed by atoms with van der Waals surface area (Å²) in [6.07, 6.45) is 1.59. The fraction of sp³-hybridized carbons (Fsp3) is 0.364. The van der Waals surface area contributed by atoms with Crippen LogP contribution in [0, 0.1) is 0 Å². The first kappa shape index (κ1) is 9.21. The van der Waals surface area contributed by atoms with Crippen molar-refractivity contribution in [1.29, 1.82) is 0 Å². The van der Waals surface area contributed by atoms with Gasteiger partial charge in [-0.3, -0.25) is 5.32 Å². The monoisotopic (exact) mass is 191 g/mol. The highest BCUT2D eigenvalue weighted by Crippen LogP contribution is 2.30. The van der Waals surface area contributed by atoms with Crippen LogP contribution in [0.5, 0.6) is 0 Å². The maximum Gasteiger partial charge on any atom is 0.328 e. The summed E-state index contributed by atoms with van der Waals surface area (Å²) in [6.45, 7) is 0.779. The lowest BCUT2D eigenvalue weighted by atomic mass is 9.88. The Morgan fingerprint density at radius 2 is 2.07 bits per heavy atom. The molecule has 1 saturated heterocycles. The number of nitrogens with one attached hydrogen (secondary N) is 1. The number of aliphatic carboxylic acids is 1. The Kier molecular flexibility index (Phi) is 2.25. The molecule has 0 aliphatic carbocycles. The van der Waals surface area contributed by atoms with Crippen molar-refractivity contribution in [3.05, 3.63) is 35.9 Å². The molecule has 1 aliphatic rings. The van der Waals surface area contributed by atoms with Gasteiger partial charge >= 0.3 is 5.97 Å². The first-order valence-electron chi connectivity index (χ1n) is 4.80. The van der Waals surface area contributed by atoms with Gasteiger partial charge in [-0.15, -0.1) is 0 Å². The van der Waals surface area contributed by atoms with Gasteiger partial charge in [-0.1, -0.05) is 30.3 Å². The predicted octanol–water partition coefficient (Wildman–Crippen LogP) is 1.35. The molecule has 1 atom stereocenters. The van der Waals surface area contributed by atoms with Gasteiger partial charge in [0.15, 0.2) is 0 Å². The minimum atomic E-state index is -0.846. The van der Waals surface area contributed by atoms with Crippen molar-refractivity contribution in [3.63, 3.8) is 0 Å². The van der Waals surface area contributed by atoms with Gasteiger partial charge in [0.2, 0.25) is 0 Å². The van der Waals surface area contributed by atoms with Gasteiger partial charge in [-0.25, -0.2) is 4.79 Å². The van der Waals surface area contributed by atoms with E-state index in [1.54, 1.807) is 0 Å². The fourth-order valence-corrected chi connectivity index (χ4v) is 2.02. The quantitative estimate of drug-likeness (QED) is 0.741. The first-order chi connectivity index (χ1) is 6.76. The highest BCUT2D eigenvalue weighted by atomic mass is 16.4. The average Bonchev–Trinajstić information content (AvgIpc) is 2.69. The zero-order valence-electron chi connectivity index (χ0n) is 7.86. The van der Waals surface area contributed by atoms with Crippen molar-refractivity contribution < 1.29 is 9.90 Å².